The Labute approximate surface area is 143 Å². The van der Waals surface area contributed by atoms with Gasteiger partial charge in [-0.1, -0.05) is 37.3 Å². The molecule has 3 heteroatoms. The van der Waals surface area contributed by atoms with Gasteiger partial charge in [0.25, 0.3) is 0 Å². The normalized spacial score (nSPS) is 10.6. The molecule has 0 bridgehead atoms. The predicted octanol–water partition coefficient (Wildman–Crippen LogP) is 4.53. The average molecular weight is 318 g/mol. The second kappa shape index (κ2) is 7.18. The van der Waals surface area contributed by atoms with Crippen LogP contribution in [0.3, 0.4) is 0 Å². The van der Waals surface area contributed by atoms with E-state index in [1.54, 1.807) is 0 Å². The van der Waals surface area contributed by atoms with Gasteiger partial charge in [0.05, 0.1) is 6.42 Å². The van der Waals surface area contributed by atoms with Crippen molar-refractivity contribution < 1.29 is 4.79 Å². The van der Waals surface area contributed by atoms with Gasteiger partial charge >= 0.3 is 0 Å². The van der Waals surface area contributed by atoms with Gasteiger partial charge < -0.3 is 9.88 Å². The first-order chi connectivity index (χ1) is 11.7. The summed E-state index contributed by atoms with van der Waals surface area (Å²) in [7, 11) is 0. The van der Waals surface area contributed by atoms with Gasteiger partial charge in [0.1, 0.15) is 0 Å². The van der Waals surface area contributed by atoms with Crippen molar-refractivity contribution in [2.24, 2.45) is 0 Å². The summed E-state index contributed by atoms with van der Waals surface area (Å²) < 4.78 is 2.05. The van der Waals surface area contributed by atoms with Crippen molar-refractivity contribution in [1.29, 1.82) is 0 Å². The molecule has 0 radical (unpaired) electrons. The molecule has 1 heterocycles. The number of rotatable bonds is 5. The van der Waals surface area contributed by atoms with Crippen LogP contribution >= 0.6 is 0 Å². The number of benzene rings is 2. The zero-order valence-electron chi connectivity index (χ0n) is 14.1. The van der Waals surface area contributed by atoms with Crippen LogP contribution in [0.2, 0.25) is 0 Å². The molecule has 0 saturated carbocycles. The largest absolute Gasteiger partial charge is 0.325 e. The quantitative estimate of drug-likeness (QED) is 0.737. The molecule has 2 aromatic carbocycles. The molecule has 1 amide bonds. The van der Waals surface area contributed by atoms with Crippen LogP contribution in [0.4, 0.5) is 5.69 Å². The minimum atomic E-state index is 0.0210. The van der Waals surface area contributed by atoms with Gasteiger partial charge in [-0.15, -0.1) is 0 Å². The third-order valence-electron chi connectivity index (χ3n) is 4.21. The lowest BCUT2D eigenvalue weighted by Gasteiger charge is -2.13. The number of anilines is 1. The fourth-order valence-corrected chi connectivity index (χ4v) is 2.86. The zero-order valence-corrected chi connectivity index (χ0v) is 14.1. The Bertz CT molecular complexity index is 818. The minimum Gasteiger partial charge on any atom is -0.325 e. The maximum absolute atomic E-state index is 12.4. The lowest BCUT2D eigenvalue weighted by Crippen LogP contribution is -2.16. The summed E-state index contributed by atoms with van der Waals surface area (Å²) in [6.45, 7) is 4.13. The molecule has 122 valence electrons. The van der Waals surface area contributed by atoms with Crippen molar-refractivity contribution >= 4 is 11.6 Å². The lowest BCUT2D eigenvalue weighted by molar-refractivity contribution is -0.115. The molecule has 0 aliphatic heterocycles. The van der Waals surface area contributed by atoms with Crippen LogP contribution in [0.25, 0.3) is 5.69 Å². The van der Waals surface area contributed by atoms with E-state index in [4.69, 9.17) is 0 Å². The van der Waals surface area contributed by atoms with Gasteiger partial charge in [-0.3, -0.25) is 4.79 Å². The van der Waals surface area contributed by atoms with Gasteiger partial charge in [0.2, 0.25) is 5.91 Å². The number of nitrogens with one attached hydrogen (secondary N) is 1. The number of amides is 1. The highest BCUT2D eigenvalue weighted by molar-refractivity contribution is 5.93. The zero-order chi connectivity index (χ0) is 16.9. The van der Waals surface area contributed by atoms with Crippen LogP contribution in [0, 0.1) is 6.92 Å². The van der Waals surface area contributed by atoms with E-state index in [-0.39, 0.29) is 5.91 Å². The maximum atomic E-state index is 12.4. The first kappa shape index (κ1) is 16.1. The fourth-order valence-electron chi connectivity index (χ4n) is 2.86. The van der Waals surface area contributed by atoms with Crippen LogP contribution in [-0.4, -0.2) is 10.5 Å². The van der Waals surface area contributed by atoms with Crippen LogP contribution in [-0.2, 0) is 17.6 Å². The number of aryl methyl sites for hydroxylation is 2. The number of aromatic nitrogens is 1. The van der Waals surface area contributed by atoms with E-state index in [1.807, 2.05) is 72.4 Å². The Morgan fingerprint density at radius 2 is 1.71 bits per heavy atom. The molecule has 0 aliphatic rings. The minimum absolute atomic E-state index is 0.0210. The SMILES string of the molecule is CCc1cccc(C)c1NC(=O)Cc1ccc(-n2cccc2)cc1. The van der Waals surface area contributed by atoms with Gasteiger partial charge in [-0.05, 0) is 54.3 Å². The number of hydrogen-bond acceptors (Lipinski definition) is 1. The monoisotopic (exact) mass is 318 g/mol. The predicted molar refractivity (Wildman–Crippen MR) is 98.7 cm³/mol. The molecule has 0 fully saturated rings. The molecule has 3 rings (SSSR count). The van der Waals surface area contributed by atoms with Gasteiger partial charge in [-0.25, -0.2) is 0 Å². The highest BCUT2D eigenvalue weighted by Crippen LogP contribution is 2.21. The van der Waals surface area contributed by atoms with E-state index in [0.717, 1.165) is 28.9 Å². The van der Waals surface area contributed by atoms with E-state index < -0.39 is 0 Å². The fraction of sp³-hybridized carbons (Fsp3) is 0.190. The Morgan fingerprint density at radius 1 is 1.00 bits per heavy atom. The third-order valence-corrected chi connectivity index (χ3v) is 4.21. The molecular formula is C21H22N2O. The van der Waals surface area contributed by atoms with Crippen molar-refractivity contribution in [3.05, 3.63) is 83.7 Å². The topological polar surface area (TPSA) is 34.0 Å². The van der Waals surface area contributed by atoms with Gasteiger partial charge in [0.15, 0.2) is 0 Å². The van der Waals surface area contributed by atoms with Crippen molar-refractivity contribution in [2.75, 3.05) is 5.32 Å². The van der Waals surface area contributed by atoms with E-state index in [9.17, 15) is 4.79 Å². The van der Waals surface area contributed by atoms with Crippen LogP contribution < -0.4 is 5.32 Å². The van der Waals surface area contributed by atoms with Crippen molar-refractivity contribution in [3.8, 4) is 5.69 Å². The molecule has 24 heavy (non-hydrogen) atoms. The van der Waals surface area contributed by atoms with Gasteiger partial charge in [-0.2, -0.15) is 0 Å². The number of carbonyl (C=O) groups is 1. The molecule has 3 aromatic rings. The molecule has 0 saturated heterocycles. The highest BCUT2D eigenvalue weighted by atomic mass is 16.1. The molecule has 3 nitrogen and oxygen atoms in total. The number of carbonyl (C=O) groups excluding carboxylic acids is 1. The van der Waals surface area contributed by atoms with Gasteiger partial charge in [0, 0.05) is 23.8 Å². The Kier molecular flexibility index (Phi) is 4.80. The summed E-state index contributed by atoms with van der Waals surface area (Å²) >= 11 is 0. The number of para-hydroxylation sites is 1. The summed E-state index contributed by atoms with van der Waals surface area (Å²) in [5.41, 5.74) is 5.33. The number of hydrogen-bond donors (Lipinski definition) is 1. The Hall–Kier alpha value is -2.81. The van der Waals surface area contributed by atoms with E-state index in [0.29, 0.717) is 6.42 Å². The van der Waals surface area contributed by atoms with Crippen LogP contribution in [0.15, 0.2) is 67.0 Å². The second-order valence-corrected chi connectivity index (χ2v) is 5.94. The average Bonchev–Trinajstić information content (AvgIpc) is 3.12. The smallest absolute Gasteiger partial charge is 0.228 e. The highest BCUT2D eigenvalue weighted by Gasteiger charge is 2.09. The lowest BCUT2D eigenvalue weighted by atomic mass is 10.1. The molecular weight excluding hydrogens is 296 g/mol. The molecule has 1 N–H and O–H groups in total. The Balaban J connectivity index is 1.69. The maximum Gasteiger partial charge on any atom is 0.228 e. The van der Waals surface area contributed by atoms with Crippen molar-refractivity contribution in [3.63, 3.8) is 0 Å². The molecule has 0 atom stereocenters. The van der Waals surface area contributed by atoms with Crippen LogP contribution in [0.1, 0.15) is 23.6 Å². The number of nitrogens with zero attached hydrogens (tertiary/aromatic N) is 1. The second-order valence-electron chi connectivity index (χ2n) is 5.94. The van der Waals surface area contributed by atoms with Crippen LogP contribution in [0.5, 0.6) is 0 Å². The molecule has 0 aliphatic carbocycles. The molecule has 1 aromatic heterocycles. The first-order valence-electron chi connectivity index (χ1n) is 8.28. The summed E-state index contributed by atoms with van der Waals surface area (Å²) in [4.78, 5) is 12.4. The molecule has 0 unspecified atom stereocenters. The van der Waals surface area contributed by atoms with Crippen molar-refractivity contribution in [2.45, 2.75) is 26.7 Å². The van der Waals surface area contributed by atoms with E-state index >= 15 is 0 Å². The van der Waals surface area contributed by atoms with E-state index in [1.165, 1.54) is 5.56 Å². The van der Waals surface area contributed by atoms with E-state index in [2.05, 4.69) is 18.3 Å². The summed E-state index contributed by atoms with van der Waals surface area (Å²) in [5, 5.41) is 3.08. The summed E-state index contributed by atoms with van der Waals surface area (Å²) in [5.74, 6) is 0.0210. The summed E-state index contributed by atoms with van der Waals surface area (Å²) in [6.07, 6.45) is 5.30. The third kappa shape index (κ3) is 3.57. The van der Waals surface area contributed by atoms with Crippen molar-refractivity contribution in [1.82, 2.24) is 4.57 Å². The summed E-state index contributed by atoms with van der Waals surface area (Å²) in [6, 6.07) is 18.2. The first-order valence-corrected chi connectivity index (χ1v) is 8.28. The Morgan fingerprint density at radius 3 is 2.38 bits per heavy atom. The standard InChI is InChI=1S/C21H22N2O/c1-3-18-8-6-7-16(2)21(18)22-20(24)15-17-9-11-19(12-10-17)23-13-4-5-14-23/h4-14H,3,15H2,1-2H3,(H,22,24). The molecule has 0 spiro atoms.